The van der Waals surface area contributed by atoms with Gasteiger partial charge in [-0.25, -0.2) is 4.98 Å². The molecule has 2 rings (SSSR count). The van der Waals surface area contributed by atoms with Gasteiger partial charge in [-0.2, -0.15) is 0 Å². The zero-order valence-corrected chi connectivity index (χ0v) is 15.1. The van der Waals surface area contributed by atoms with Crippen LogP contribution in [-0.2, 0) is 11.2 Å². The van der Waals surface area contributed by atoms with E-state index in [2.05, 4.69) is 18.8 Å². The van der Waals surface area contributed by atoms with Gasteiger partial charge in [0.2, 0.25) is 11.8 Å². The second kappa shape index (κ2) is 8.31. The summed E-state index contributed by atoms with van der Waals surface area (Å²) in [6.45, 7) is 4.81. The summed E-state index contributed by atoms with van der Waals surface area (Å²) in [6.07, 6.45) is 2.52. The molecule has 0 saturated heterocycles. The molecule has 0 bridgehead atoms. The third-order valence-corrected chi connectivity index (χ3v) is 4.31. The number of aromatic nitrogens is 1. The minimum atomic E-state index is 0.00177. The summed E-state index contributed by atoms with van der Waals surface area (Å²) >= 11 is 5.87. The summed E-state index contributed by atoms with van der Waals surface area (Å²) in [6, 6.07) is 7.32. The molecule has 1 aromatic heterocycles. The van der Waals surface area contributed by atoms with E-state index >= 15 is 0 Å². The predicted molar refractivity (Wildman–Crippen MR) is 95.7 cm³/mol. The number of carbonyl (C=O) groups excluding carboxylic acids is 1. The Kier molecular flexibility index (Phi) is 6.40. The van der Waals surface area contributed by atoms with Crippen LogP contribution >= 0.6 is 11.6 Å². The first kappa shape index (κ1) is 18.5. The Morgan fingerprint density at radius 2 is 2.00 bits per heavy atom. The number of halogens is 1. The van der Waals surface area contributed by atoms with Gasteiger partial charge < -0.3 is 15.1 Å². The molecule has 1 atom stereocenters. The van der Waals surface area contributed by atoms with Gasteiger partial charge in [0, 0.05) is 30.2 Å². The van der Waals surface area contributed by atoms with Crippen molar-refractivity contribution in [3.05, 3.63) is 41.2 Å². The largest absolute Gasteiger partial charge is 0.444 e. The van der Waals surface area contributed by atoms with E-state index < -0.39 is 0 Å². The average molecular weight is 350 g/mol. The van der Waals surface area contributed by atoms with Crippen molar-refractivity contribution in [1.82, 2.24) is 9.88 Å². The molecule has 2 aromatic rings. The zero-order valence-electron chi connectivity index (χ0n) is 14.3. The van der Waals surface area contributed by atoms with E-state index in [0.717, 1.165) is 12.0 Å². The number of hydrogen-bond acceptors (Lipinski definition) is 4. The van der Waals surface area contributed by atoms with Crippen LogP contribution in [0.1, 0.15) is 26.0 Å². The molecule has 6 heteroatoms. The van der Waals surface area contributed by atoms with E-state index in [-0.39, 0.29) is 18.4 Å². The number of carbonyl (C=O) groups is 1. The minimum Gasteiger partial charge on any atom is -0.444 e. The molecule has 1 aromatic carbocycles. The third-order valence-electron chi connectivity index (χ3n) is 4.06. The number of nitrogens with zero attached hydrogens (tertiary/aromatic N) is 2. The Hall–Kier alpha value is -1.85. The summed E-state index contributed by atoms with van der Waals surface area (Å²) in [5, 5.41) is 0.655. The van der Waals surface area contributed by atoms with Crippen molar-refractivity contribution in [3.8, 4) is 11.5 Å². The molecule has 0 fully saturated rings. The van der Waals surface area contributed by atoms with E-state index in [9.17, 15) is 4.79 Å². The quantitative estimate of drug-likeness (QED) is 0.831. The minimum absolute atomic E-state index is 0.00177. The van der Waals surface area contributed by atoms with Crippen molar-refractivity contribution < 1.29 is 9.21 Å². The molecule has 0 aliphatic rings. The summed E-state index contributed by atoms with van der Waals surface area (Å²) in [7, 11) is 1.79. The maximum atomic E-state index is 12.3. The van der Waals surface area contributed by atoms with Gasteiger partial charge in [0.25, 0.3) is 0 Å². The number of oxazole rings is 1. The van der Waals surface area contributed by atoms with Gasteiger partial charge in [-0.15, -0.1) is 0 Å². The molecule has 0 radical (unpaired) electrons. The van der Waals surface area contributed by atoms with Gasteiger partial charge in [-0.1, -0.05) is 25.4 Å². The topological polar surface area (TPSA) is 72.4 Å². The van der Waals surface area contributed by atoms with E-state index in [1.165, 1.54) is 6.26 Å². The lowest BCUT2D eigenvalue weighted by molar-refractivity contribution is -0.129. The fourth-order valence-electron chi connectivity index (χ4n) is 2.20. The molecule has 5 nitrogen and oxygen atoms in total. The van der Waals surface area contributed by atoms with Crippen LogP contribution < -0.4 is 5.73 Å². The van der Waals surface area contributed by atoms with Crippen molar-refractivity contribution in [2.75, 3.05) is 13.6 Å². The average Bonchev–Trinajstić information content (AvgIpc) is 3.01. The monoisotopic (exact) mass is 349 g/mol. The molecule has 1 amide bonds. The Morgan fingerprint density at radius 3 is 2.62 bits per heavy atom. The molecule has 2 N–H and O–H groups in total. The number of benzene rings is 1. The SMILES string of the molecule is CC(C)C(N)CCN(C)C(=O)Cc1coc(-c2ccc(Cl)cc2)n1. The molecule has 1 heterocycles. The van der Waals surface area contributed by atoms with E-state index in [1.54, 1.807) is 24.1 Å². The fraction of sp³-hybridized carbons (Fsp3) is 0.444. The zero-order chi connectivity index (χ0) is 17.7. The Bertz CT molecular complexity index is 667. The van der Waals surface area contributed by atoms with Crippen LogP contribution in [0.5, 0.6) is 0 Å². The van der Waals surface area contributed by atoms with Gasteiger partial charge in [-0.05, 0) is 36.6 Å². The number of nitrogens with two attached hydrogens (primary N) is 1. The van der Waals surface area contributed by atoms with Crippen molar-refractivity contribution in [3.63, 3.8) is 0 Å². The van der Waals surface area contributed by atoms with E-state index in [4.69, 9.17) is 21.8 Å². The van der Waals surface area contributed by atoms with Crippen molar-refractivity contribution >= 4 is 17.5 Å². The third kappa shape index (κ3) is 5.08. The standard InChI is InChI=1S/C18H24ClN3O2/c1-12(2)16(20)8-9-22(3)17(23)10-15-11-24-18(21-15)13-4-6-14(19)7-5-13/h4-7,11-12,16H,8-10,20H2,1-3H3. The highest BCUT2D eigenvalue weighted by Gasteiger charge is 2.15. The highest BCUT2D eigenvalue weighted by molar-refractivity contribution is 6.30. The molecule has 0 aliphatic carbocycles. The smallest absolute Gasteiger partial charge is 0.228 e. The first-order valence-electron chi connectivity index (χ1n) is 8.06. The second-order valence-corrected chi connectivity index (χ2v) is 6.78. The molecule has 1 unspecified atom stereocenters. The first-order valence-corrected chi connectivity index (χ1v) is 8.44. The first-order chi connectivity index (χ1) is 11.4. The number of hydrogen-bond donors (Lipinski definition) is 1. The van der Waals surface area contributed by atoms with E-state index in [1.807, 2.05) is 12.1 Å². The van der Waals surface area contributed by atoms with Crippen LogP contribution in [0.25, 0.3) is 11.5 Å². The maximum absolute atomic E-state index is 12.3. The Labute approximate surface area is 147 Å². The van der Waals surface area contributed by atoms with Gasteiger partial charge in [0.05, 0.1) is 12.1 Å². The second-order valence-electron chi connectivity index (χ2n) is 6.34. The maximum Gasteiger partial charge on any atom is 0.228 e. The molecular formula is C18H24ClN3O2. The summed E-state index contributed by atoms with van der Waals surface area (Å²) < 4.78 is 5.46. The fourth-order valence-corrected chi connectivity index (χ4v) is 2.33. The van der Waals surface area contributed by atoms with Crippen molar-refractivity contribution in [1.29, 1.82) is 0 Å². The summed E-state index contributed by atoms with van der Waals surface area (Å²) in [5.74, 6) is 0.895. The molecular weight excluding hydrogens is 326 g/mol. The van der Waals surface area contributed by atoms with Crippen LogP contribution in [0.15, 0.2) is 34.9 Å². The predicted octanol–water partition coefficient (Wildman–Crippen LogP) is 3.37. The Morgan fingerprint density at radius 1 is 1.33 bits per heavy atom. The molecule has 130 valence electrons. The van der Waals surface area contributed by atoms with Crippen LogP contribution in [0.2, 0.25) is 5.02 Å². The highest BCUT2D eigenvalue weighted by atomic mass is 35.5. The molecule has 0 spiro atoms. The van der Waals surface area contributed by atoms with Crippen LogP contribution in [-0.4, -0.2) is 35.4 Å². The number of amides is 1. The lowest BCUT2D eigenvalue weighted by Gasteiger charge is -2.21. The normalized spacial score (nSPS) is 12.4. The summed E-state index contributed by atoms with van der Waals surface area (Å²) in [5.41, 5.74) is 7.46. The summed E-state index contributed by atoms with van der Waals surface area (Å²) in [4.78, 5) is 18.3. The molecule has 0 aliphatic heterocycles. The number of rotatable bonds is 7. The van der Waals surface area contributed by atoms with Crippen molar-refractivity contribution in [2.45, 2.75) is 32.7 Å². The highest BCUT2D eigenvalue weighted by Crippen LogP contribution is 2.21. The van der Waals surface area contributed by atoms with Gasteiger partial charge in [0.1, 0.15) is 6.26 Å². The van der Waals surface area contributed by atoms with Gasteiger partial charge >= 0.3 is 0 Å². The number of likely N-dealkylation sites (N-methyl/N-ethyl adjacent to an activating group) is 1. The molecule has 24 heavy (non-hydrogen) atoms. The van der Waals surface area contributed by atoms with Crippen LogP contribution in [0.4, 0.5) is 0 Å². The Balaban J connectivity index is 1.91. The van der Waals surface area contributed by atoms with Gasteiger partial charge in [0.15, 0.2) is 0 Å². The lowest BCUT2D eigenvalue weighted by atomic mass is 10.0. The van der Waals surface area contributed by atoms with Crippen molar-refractivity contribution in [2.24, 2.45) is 11.7 Å². The van der Waals surface area contributed by atoms with Crippen LogP contribution in [0.3, 0.4) is 0 Å². The molecule has 0 saturated carbocycles. The lowest BCUT2D eigenvalue weighted by Crippen LogP contribution is -2.35. The van der Waals surface area contributed by atoms with Crippen LogP contribution in [0, 0.1) is 5.92 Å². The van der Waals surface area contributed by atoms with E-state index in [0.29, 0.717) is 29.1 Å². The van der Waals surface area contributed by atoms with Gasteiger partial charge in [-0.3, -0.25) is 4.79 Å².